The maximum Gasteiger partial charge on any atom is 0.251 e. The van der Waals surface area contributed by atoms with Crippen LogP contribution in [0.1, 0.15) is 49.9 Å². The lowest BCUT2D eigenvalue weighted by Crippen LogP contribution is -2.56. The summed E-state index contributed by atoms with van der Waals surface area (Å²) < 4.78 is 0. The Kier molecular flexibility index (Phi) is 6.37. The fourth-order valence-electron chi connectivity index (χ4n) is 3.33. The molecule has 24 heavy (non-hydrogen) atoms. The highest BCUT2D eigenvalue weighted by Gasteiger charge is 2.34. The van der Waals surface area contributed by atoms with Gasteiger partial charge in [-0.05, 0) is 44.2 Å². The first-order valence-electron chi connectivity index (χ1n) is 8.85. The smallest absolute Gasteiger partial charge is 0.251 e. The summed E-state index contributed by atoms with van der Waals surface area (Å²) in [6, 6.07) is 9.20. The first-order chi connectivity index (χ1) is 11.4. The number of amides is 2. The Morgan fingerprint density at radius 1 is 1.33 bits per heavy atom. The fourth-order valence-corrected chi connectivity index (χ4v) is 3.33. The predicted octanol–water partition coefficient (Wildman–Crippen LogP) is 2.17. The largest absolute Gasteiger partial charge is 0.352 e. The van der Waals surface area contributed by atoms with Gasteiger partial charge in [-0.3, -0.25) is 9.59 Å². The lowest BCUT2D eigenvalue weighted by atomic mass is 9.92. The Balaban J connectivity index is 1.87. The van der Waals surface area contributed by atoms with Crippen LogP contribution in [-0.4, -0.2) is 41.9 Å². The van der Waals surface area contributed by atoms with Crippen molar-refractivity contribution in [2.24, 2.45) is 11.7 Å². The van der Waals surface area contributed by atoms with Crippen LogP contribution in [0.3, 0.4) is 0 Å². The van der Waals surface area contributed by atoms with E-state index in [1.807, 2.05) is 36.9 Å². The number of benzene rings is 1. The molecule has 0 saturated carbocycles. The number of piperidine rings is 1. The van der Waals surface area contributed by atoms with E-state index in [4.69, 9.17) is 5.73 Å². The molecule has 0 aliphatic carbocycles. The molecule has 0 aromatic heterocycles. The molecular formula is C19H29N3O2. The van der Waals surface area contributed by atoms with Crippen molar-refractivity contribution in [2.75, 3.05) is 19.6 Å². The van der Waals surface area contributed by atoms with Crippen LogP contribution in [0.4, 0.5) is 0 Å². The molecular weight excluding hydrogens is 302 g/mol. The summed E-state index contributed by atoms with van der Waals surface area (Å²) in [6.07, 6.45) is 3.56. The van der Waals surface area contributed by atoms with Crippen molar-refractivity contribution in [1.82, 2.24) is 10.2 Å². The van der Waals surface area contributed by atoms with Crippen molar-refractivity contribution in [3.05, 3.63) is 35.9 Å². The van der Waals surface area contributed by atoms with Gasteiger partial charge in [-0.25, -0.2) is 0 Å². The van der Waals surface area contributed by atoms with E-state index in [0.717, 1.165) is 25.8 Å². The van der Waals surface area contributed by atoms with Gasteiger partial charge in [-0.1, -0.05) is 31.5 Å². The number of likely N-dealkylation sites (tertiary alicyclic amines) is 1. The van der Waals surface area contributed by atoms with Crippen molar-refractivity contribution < 1.29 is 9.59 Å². The van der Waals surface area contributed by atoms with Crippen LogP contribution in [-0.2, 0) is 4.79 Å². The minimum atomic E-state index is -0.788. The lowest BCUT2D eigenvalue weighted by molar-refractivity contribution is -0.138. The Morgan fingerprint density at radius 2 is 2.04 bits per heavy atom. The summed E-state index contributed by atoms with van der Waals surface area (Å²) in [4.78, 5) is 26.6. The molecule has 2 atom stereocenters. The number of carbonyl (C=O) groups is 2. The van der Waals surface area contributed by atoms with Crippen LogP contribution >= 0.6 is 0 Å². The molecule has 2 unspecified atom stereocenters. The molecule has 0 bridgehead atoms. The topological polar surface area (TPSA) is 75.4 Å². The van der Waals surface area contributed by atoms with Gasteiger partial charge < -0.3 is 16.0 Å². The molecule has 0 radical (unpaired) electrons. The molecule has 3 N–H and O–H groups in total. The number of nitrogens with zero attached hydrogens (tertiary/aromatic N) is 1. The third kappa shape index (κ3) is 4.81. The lowest BCUT2D eigenvalue weighted by Gasteiger charge is -2.37. The number of rotatable bonds is 6. The zero-order chi connectivity index (χ0) is 17.6. The number of nitrogens with two attached hydrogens (primary N) is 1. The average molecular weight is 331 g/mol. The molecule has 1 saturated heterocycles. The van der Waals surface area contributed by atoms with E-state index in [2.05, 4.69) is 5.32 Å². The molecule has 5 nitrogen and oxygen atoms in total. The van der Waals surface area contributed by atoms with Crippen LogP contribution in [0.5, 0.6) is 0 Å². The summed E-state index contributed by atoms with van der Waals surface area (Å²) in [5, 5.41) is 2.98. The minimum Gasteiger partial charge on any atom is -0.352 e. The standard InChI is InChI=1S/C19H29N3O2/c1-3-11-19(2,20)18(24)22-12-7-8-15(14-22)13-21-17(23)16-9-5-4-6-10-16/h4-6,9-10,15H,3,7-8,11-14,20H2,1-2H3,(H,21,23). The average Bonchev–Trinajstić information content (AvgIpc) is 2.60. The highest BCUT2D eigenvalue weighted by molar-refractivity contribution is 5.94. The summed E-state index contributed by atoms with van der Waals surface area (Å²) in [6.45, 7) is 5.88. The molecule has 1 aliphatic heterocycles. The van der Waals surface area contributed by atoms with Crippen molar-refractivity contribution >= 4 is 11.8 Å². The molecule has 1 aromatic rings. The molecule has 2 rings (SSSR count). The summed E-state index contributed by atoms with van der Waals surface area (Å²) in [5.41, 5.74) is 6.06. The second kappa shape index (κ2) is 8.29. The van der Waals surface area contributed by atoms with E-state index in [1.54, 1.807) is 12.1 Å². The molecule has 132 valence electrons. The second-order valence-electron chi connectivity index (χ2n) is 7.00. The minimum absolute atomic E-state index is 0.0310. The highest BCUT2D eigenvalue weighted by atomic mass is 16.2. The van der Waals surface area contributed by atoms with Gasteiger partial charge in [-0.15, -0.1) is 0 Å². The summed E-state index contributed by atoms with van der Waals surface area (Å²) >= 11 is 0. The van der Waals surface area contributed by atoms with E-state index < -0.39 is 5.54 Å². The Labute approximate surface area is 144 Å². The first kappa shape index (κ1) is 18.5. The molecule has 1 fully saturated rings. The Hall–Kier alpha value is -1.88. The number of hydrogen-bond donors (Lipinski definition) is 2. The zero-order valence-electron chi connectivity index (χ0n) is 14.8. The van der Waals surface area contributed by atoms with Gasteiger partial charge in [0.15, 0.2) is 0 Å². The fraction of sp³-hybridized carbons (Fsp3) is 0.579. The van der Waals surface area contributed by atoms with Crippen molar-refractivity contribution in [3.63, 3.8) is 0 Å². The Bertz CT molecular complexity index is 557. The number of nitrogens with one attached hydrogen (secondary N) is 1. The predicted molar refractivity (Wildman–Crippen MR) is 95.6 cm³/mol. The van der Waals surface area contributed by atoms with E-state index in [-0.39, 0.29) is 17.7 Å². The van der Waals surface area contributed by atoms with Gasteiger partial charge in [-0.2, -0.15) is 0 Å². The van der Waals surface area contributed by atoms with Gasteiger partial charge in [0.25, 0.3) is 5.91 Å². The van der Waals surface area contributed by atoms with E-state index in [0.29, 0.717) is 25.1 Å². The quantitative estimate of drug-likeness (QED) is 0.839. The van der Waals surface area contributed by atoms with E-state index in [9.17, 15) is 9.59 Å². The van der Waals surface area contributed by atoms with Crippen molar-refractivity contribution in [2.45, 2.75) is 45.1 Å². The van der Waals surface area contributed by atoms with Crippen molar-refractivity contribution in [1.29, 1.82) is 0 Å². The molecule has 0 spiro atoms. The molecule has 1 aliphatic rings. The van der Waals surface area contributed by atoms with Gasteiger partial charge in [0.05, 0.1) is 5.54 Å². The maximum absolute atomic E-state index is 12.6. The molecule has 1 aromatic carbocycles. The Morgan fingerprint density at radius 3 is 2.71 bits per heavy atom. The van der Waals surface area contributed by atoms with Crippen LogP contribution in [0.25, 0.3) is 0 Å². The van der Waals surface area contributed by atoms with Crippen LogP contribution in [0.2, 0.25) is 0 Å². The molecule has 5 heteroatoms. The summed E-state index contributed by atoms with van der Waals surface area (Å²) in [5.74, 6) is 0.255. The third-order valence-corrected chi connectivity index (χ3v) is 4.65. The first-order valence-corrected chi connectivity index (χ1v) is 8.85. The van der Waals surface area contributed by atoms with Crippen LogP contribution in [0, 0.1) is 5.92 Å². The molecule has 2 amide bonds. The van der Waals surface area contributed by atoms with Crippen LogP contribution < -0.4 is 11.1 Å². The second-order valence-corrected chi connectivity index (χ2v) is 7.00. The zero-order valence-corrected chi connectivity index (χ0v) is 14.8. The number of hydrogen-bond acceptors (Lipinski definition) is 3. The third-order valence-electron chi connectivity index (χ3n) is 4.65. The maximum atomic E-state index is 12.6. The van der Waals surface area contributed by atoms with Crippen LogP contribution in [0.15, 0.2) is 30.3 Å². The van der Waals surface area contributed by atoms with E-state index in [1.165, 1.54) is 0 Å². The normalized spacial score (nSPS) is 20.3. The van der Waals surface area contributed by atoms with Gasteiger partial charge in [0.1, 0.15) is 0 Å². The van der Waals surface area contributed by atoms with Crippen molar-refractivity contribution in [3.8, 4) is 0 Å². The molecule has 1 heterocycles. The van der Waals surface area contributed by atoms with Gasteiger partial charge in [0.2, 0.25) is 5.91 Å². The monoisotopic (exact) mass is 331 g/mol. The van der Waals surface area contributed by atoms with Gasteiger partial charge in [0, 0.05) is 25.2 Å². The van der Waals surface area contributed by atoms with Gasteiger partial charge >= 0.3 is 0 Å². The SMILES string of the molecule is CCCC(C)(N)C(=O)N1CCCC(CNC(=O)c2ccccc2)C1. The summed E-state index contributed by atoms with van der Waals surface area (Å²) in [7, 11) is 0. The highest BCUT2D eigenvalue weighted by Crippen LogP contribution is 2.20. The number of carbonyl (C=O) groups excluding carboxylic acids is 2. The van der Waals surface area contributed by atoms with E-state index >= 15 is 0 Å².